The van der Waals surface area contributed by atoms with Crippen molar-refractivity contribution >= 4 is 5.91 Å². The van der Waals surface area contributed by atoms with E-state index in [1.807, 2.05) is 19.9 Å². The minimum Gasteiger partial charge on any atom is -0.502 e. The second-order valence-electron chi connectivity index (χ2n) is 8.33. The van der Waals surface area contributed by atoms with Crippen LogP contribution < -0.4 is 10.9 Å². The highest BCUT2D eigenvalue weighted by atomic mass is 19.1. The number of benzene rings is 1. The molecule has 0 saturated carbocycles. The highest BCUT2D eigenvalue weighted by Crippen LogP contribution is 2.31. The third-order valence-electron chi connectivity index (χ3n) is 5.80. The van der Waals surface area contributed by atoms with Crippen molar-refractivity contribution in [2.24, 2.45) is 0 Å². The number of hydrogen-bond donors (Lipinski definition) is 3. The second kappa shape index (κ2) is 8.54. The first-order chi connectivity index (χ1) is 15.3. The average Bonchev–Trinajstić information content (AvgIpc) is 3.27. The smallest absolute Gasteiger partial charge is 0.296 e. The number of aromatic hydroxyl groups is 1. The van der Waals surface area contributed by atoms with Gasteiger partial charge >= 0.3 is 0 Å². The number of amides is 1. The number of carbonyl (C=O) groups is 1. The summed E-state index contributed by atoms with van der Waals surface area (Å²) in [4.78, 5) is 32.0. The summed E-state index contributed by atoms with van der Waals surface area (Å²) in [6, 6.07) is 7.67. The monoisotopic (exact) mass is 440 g/mol. The van der Waals surface area contributed by atoms with Crippen molar-refractivity contribution in [3.63, 3.8) is 0 Å². The van der Waals surface area contributed by atoms with Gasteiger partial charge in [0.2, 0.25) is 11.7 Å². The van der Waals surface area contributed by atoms with Gasteiger partial charge in [-0.3, -0.25) is 24.2 Å². The first-order valence-electron chi connectivity index (χ1n) is 10.3. The zero-order chi connectivity index (χ0) is 22.9. The number of H-pyrrole nitrogens is 1. The largest absolute Gasteiger partial charge is 0.502 e. The predicted octanol–water partition coefficient (Wildman–Crippen LogP) is 1.42. The van der Waals surface area contributed by atoms with Crippen molar-refractivity contribution in [2.75, 3.05) is 6.54 Å². The van der Waals surface area contributed by atoms with Crippen molar-refractivity contribution in [2.45, 2.75) is 45.4 Å². The molecule has 2 aromatic heterocycles. The molecule has 1 amide bonds. The molecule has 4 rings (SSSR count). The Morgan fingerprint density at radius 2 is 2.00 bits per heavy atom. The Morgan fingerprint density at radius 1 is 1.25 bits per heavy atom. The number of hydrogen-bond acceptors (Lipinski definition) is 6. The Hall–Kier alpha value is -3.53. The number of fused-ring (bicyclic) bond motifs is 1. The highest BCUT2D eigenvalue weighted by molar-refractivity contribution is 5.78. The Kier molecular flexibility index (Phi) is 5.79. The Bertz CT molecular complexity index is 1170. The normalized spacial score (nSPS) is 15.3. The number of nitrogens with zero attached hydrogens (tertiary/aromatic N) is 4. The number of halogens is 1. The van der Waals surface area contributed by atoms with Crippen LogP contribution in [0.4, 0.5) is 4.39 Å². The predicted molar refractivity (Wildman–Crippen MR) is 114 cm³/mol. The lowest BCUT2D eigenvalue weighted by atomic mass is 9.97. The van der Waals surface area contributed by atoms with Crippen LogP contribution in [0.3, 0.4) is 0 Å². The molecule has 0 radical (unpaired) electrons. The molecule has 1 aliphatic rings. The molecule has 1 aliphatic heterocycles. The number of rotatable bonds is 6. The van der Waals surface area contributed by atoms with Crippen molar-refractivity contribution in [3.05, 3.63) is 75.5 Å². The van der Waals surface area contributed by atoms with Crippen LogP contribution in [-0.4, -0.2) is 42.2 Å². The van der Waals surface area contributed by atoms with E-state index >= 15 is 0 Å². The molecule has 0 unspecified atom stereocenters. The summed E-state index contributed by atoms with van der Waals surface area (Å²) < 4.78 is 14.5. The van der Waals surface area contributed by atoms with Crippen LogP contribution in [0.5, 0.6) is 5.75 Å². The maximum Gasteiger partial charge on any atom is 0.296 e. The fraction of sp³-hybridized carbons (Fsp3) is 0.364. The molecular weight excluding hydrogens is 415 g/mol. The minimum atomic E-state index is -0.616. The minimum absolute atomic E-state index is 0.0364. The summed E-state index contributed by atoms with van der Waals surface area (Å²) in [5.74, 6) is -0.770. The van der Waals surface area contributed by atoms with E-state index in [0.29, 0.717) is 25.5 Å². The summed E-state index contributed by atoms with van der Waals surface area (Å²) in [6.07, 6.45) is 1.44. The lowest BCUT2D eigenvalue weighted by Crippen LogP contribution is -2.52. The van der Waals surface area contributed by atoms with E-state index in [4.69, 9.17) is 0 Å². The van der Waals surface area contributed by atoms with Crippen LogP contribution in [0.15, 0.2) is 41.3 Å². The molecular formula is C22H25FN6O3. The van der Waals surface area contributed by atoms with Crippen molar-refractivity contribution in [1.29, 1.82) is 0 Å². The molecule has 0 bridgehead atoms. The standard InChI is InChI=1S/C22H25FN6O3/c1-22(2)21-26-17(11-18(30)24-12-14-3-5-15(23)6-4-14)19(31)20(32)29(21)10-9-28(22)13-16-7-8-25-27-16/h3-8,31H,9-13H2,1-2H3,(H,24,30)(H,25,27). The van der Waals surface area contributed by atoms with Crippen molar-refractivity contribution < 1.29 is 14.3 Å². The highest BCUT2D eigenvalue weighted by Gasteiger charge is 2.38. The molecule has 3 aromatic rings. The summed E-state index contributed by atoms with van der Waals surface area (Å²) >= 11 is 0. The van der Waals surface area contributed by atoms with E-state index in [2.05, 4.69) is 25.4 Å². The lowest BCUT2D eigenvalue weighted by Gasteiger charge is -2.43. The lowest BCUT2D eigenvalue weighted by molar-refractivity contribution is -0.120. The fourth-order valence-corrected chi connectivity index (χ4v) is 3.90. The molecule has 3 heterocycles. The van der Waals surface area contributed by atoms with Gasteiger partial charge in [-0.25, -0.2) is 9.37 Å². The van der Waals surface area contributed by atoms with Gasteiger partial charge in [0.15, 0.2) is 0 Å². The molecule has 1 aromatic carbocycles. The first-order valence-corrected chi connectivity index (χ1v) is 10.3. The van der Waals surface area contributed by atoms with Gasteiger partial charge in [-0.1, -0.05) is 12.1 Å². The zero-order valence-corrected chi connectivity index (χ0v) is 17.9. The van der Waals surface area contributed by atoms with Crippen LogP contribution in [0.2, 0.25) is 0 Å². The molecule has 168 valence electrons. The van der Waals surface area contributed by atoms with Gasteiger partial charge in [0, 0.05) is 38.1 Å². The van der Waals surface area contributed by atoms with Gasteiger partial charge < -0.3 is 10.4 Å². The number of carbonyl (C=O) groups excluding carboxylic acids is 1. The molecule has 9 nitrogen and oxygen atoms in total. The van der Waals surface area contributed by atoms with E-state index in [1.54, 1.807) is 18.3 Å². The van der Waals surface area contributed by atoms with Crippen LogP contribution in [0.1, 0.15) is 36.6 Å². The topological polar surface area (TPSA) is 116 Å². The van der Waals surface area contributed by atoms with E-state index < -0.39 is 22.8 Å². The third kappa shape index (κ3) is 4.26. The SMILES string of the molecule is CC1(C)c2nc(CC(=O)NCc3ccc(F)cc3)c(O)c(=O)n2CCN1Cc1ccn[nH]1. The van der Waals surface area contributed by atoms with Crippen LogP contribution in [-0.2, 0) is 36.4 Å². The van der Waals surface area contributed by atoms with Gasteiger partial charge in [-0.15, -0.1) is 0 Å². The first kappa shape index (κ1) is 21.7. The quantitative estimate of drug-likeness (QED) is 0.534. The van der Waals surface area contributed by atoms with Gasteiger partial charge in [-0.05, 0) is 37.6 Å². The Morgan fingerprint density at radius 3 is 2.69 bits per heavy atom. The molecule has 0 atom stereocenters. The molecule has 10 heteroatoms. The Labute approximate surface area is 183 Å². The molecule has 0 saturated heterocycles. The van der Waals surface area contributed by atoms with Gasteiger partial charge in [-0.2, -0.15) is 5.10 Å². The number of nitrogens with one attached hydrogen (secondary N) is 2. The molecule has 0 aliphatic carbocycles. The summed E-state index contributed by atoms with van der Waals surface area (Å²) in [5, 5.41) is 20.0. The molecule has 0 fully saturated rings. The van der Waals surface area contributed by atoms with E-state index in [1.165, 1.54) is 16.7 Å². The van der Waals surface area contributed by atoms with E-state index in [9.17, 15) is 19.1 Å². The molecule has 32 heavy (non-hydrogen) atoms. The number of aromatic amines is 1. The molecule has 3 N–H and O–H groups in total. The summed E-state index contributed by atoms with van der Waals surface area (Å²) in [7, 11) is 0. The Balaban J connectivity index is 1.54. The maximum absolute atomic E-state index is 13.0. The van der Waals surface area contributed by atoms with Gasteiger partial charge in [0.25, 0.3) is 5.56 Å². The van der Waals surface area contributed by atoms with Gasteiger partial charge in [0.1, 0.15) is 11.6 Å². The fourth-order valence-electron chi connectivity index (χ4n) is 3.90. The maximum atomic E-state index is 13.0. The van der Waals surface area contributed by atoms with Crippen LogP contribution in [0.25, 0.3) is 0 Å². The molecule has 0 spiro atoms. The summed E-state index contributed by atoms with van der Waals surface area (Å²) in [5.41, 5.74) is 0.543. The van der Waals surface area contributed by atoms with Crippen molar-refractivity contribution in [1.82, 2.24) is 30.0 Å². The van der Waals surface area contributed by atoms with Crippen molar-refractivity contribution in [3.8, 4) is 5.75 Å². The van der Waals surface area contributed by atoms with E-state index in [0.717, 1.165) is 11.3 Å². The second-order valence-corrected chi connectivity index (χ2v) is 8.33. The summed E-state index contributed by atoms with van der Waals surface area (Å²) in [6.45, 7) is 5.68. The van der Waals surface area contributed by atoms with E-state index in [-0.39, 0.29) is 24.5 Å². The van der Waals surface area contributed by atoms with Gasteiger partial charge in [0.05, 0.1) is 17.7 Å². The van der Waals surface area contributed by atoms with Crippen LogP contribution in [0, 0.1) is 5.82 Å². The number of aromatic nitrogens is 4. The average molecular weight is 440 g/mol. The van der Waals surface area contributed by atoms with Crippen LogP contribution >= 0.6 is 0 Å². The third-order valence-corrected chi connectivity index (χ3v) is 5.80. The zero-order valence-electron chi connectivity index (χ0n) is 17.9.